The highest BCUT2D eigenvalue weighted by molar-refractivity contribution is 5.92. The molecule has 0 N–H and O–H groups in total. The maximum Gasteiger partial charge on any atom is 0.331 e. The van der Waals surface area contributed by atoms with Crippen LogP contribution in [0.1, 0.15) is 24.0 Å². The molecule has 0 unspecified atom stereocenters. The Labute approximate surface area is 229 Å². The summed E-state index contributed by atoms with van der Waals surface area (Å²) >= 11 is 0. The first-order chi connectivity index (χ1) is 19.2. The number of carbonyl (C=O) groups is 6. The minimum Gasteiger partial charge on any atom is -0.497 e. The molecule has 12 nitrogen and oxygen atoms in total. The van der Waals surface area contributed by atoms with E-state index in [1.54, 1.807) is 48.5 Å². The molecular weight excluding hydrogens is 528 g/mol. The lowest BCUT2D eigenvalue weighted by atomic mass is 10.1. The molecule has 0 bridgehead atoms. The van der Waals surface area contributed by atoms with Gasteiger partial charge in [0.05, 0.1) is 39.9 Å². The summed E-state index contributed by atoms with van der Waals surface area (Å²) in [5.74, 6) is -3.97. The molecule has 12 heteroatoms. The van der Waals surface area contributed by atoms with Crippen LogP contribution in [-0.4, -0.2) is 63.2 Å². The molecule has 0 saturated carbocycles. The highest BCUT2D eigenvalue weighted by Gasteiger charge is 2.14. The van der Waals surface area contributed by atoms with Crippen LogP contribution in [0.2, 0.25) is 0 Å². The average Bonchev–Trinajstić information content (AvgIpc) is 2.92. The second-order valence-electron chi connectivity index (χ2n) is 7.91. The fraction of sp³-hybridized carbons (Fsp3) is 0.286. The van der Waals surface area contributed by atoms with Crippen LogP contribution in [0.15, 0.2) is 60.7 Å². The third kappa shape index (κ3) is 12.5. The Morgan fingerprint density at radius 2 is 0.900 bits per heavy atom. The molecular formula is C28H28O12. The molecule has 2 aromatic carbocycles. The Balaban J connectivity index is 1.57. The van der Waals surface area contributed by atoms with Crippen molar-refractivity contribution in [1.82, 2.24) is 0 Å². The summed E-state index contributed by atoms with van der Waals surface area (Å²) in [7, 11) is 3.02. The zero-order valence-electron chi connectivity index (χ0n) is 21.9. The van der Waals surface area contributed by atoms with Crippen molar-refractivity contribution in [1.29, 1.82) is 0 Å². The van der Waals surface area contributed by atoms with Crippen LogP contribution >= 0.6 is 0 Å². The van der Waals surface area contributed by atoms with E-state index in [-0.39, 0.29) is 38.9 Å². The SMILES string of the molecule is COc1ccc(CC(=O)OC(=O)CCOC(=O)/C=C\C(=O)OCCC(=O)OC(=O)Cc2ccc(OC)cc2)cc1. The molecule has 0 atom stereocenters. The van der Waals surface area contributed by atoms with Crippen LogP contribution in [0.3, 0.4) is 0 Å². The van der Waals surface area contributed by atoms with Crippen molar-refractivity contribution in [3.05, 3.63) is 71.8 Å². The van der Waals surface area contributed by atoms with Gasteiger partial charge in [-0.2, -0.15) is 0 Å². The molecule has 0 saturated heterocycles. The van der Waals surface area contributed by atoms with Crippen LogP contribution in [0, 0.1) is 0 Å². The van der Waals surface area contributed by atoms with E-state index in [1.807, 2.05) is 0 Å². The number of methoxy groups -OCH3 is 2. The molecule has 0 amide bonds. The van der Waals surface area contributed by atoms with Crippen molar-refractivity contribution in [3.8, 4) is 11.5 Å². The fourth-order valence-electron chi connectivity index (χ4n) is 2.95. The topological polar surface area (TPSA) is 158 Å². The molecule has 0 aromatic heterocycles. The maximum absolute atomic E-state index is 11.8. The van der Waals surface area contributed by atoms with Crippen LogP contribution in [0.5, 0.6) is 11.5 Å². The quantitative estimate of drug-likeness (QED) is 0.145. The summed E-state index contributed by atoms with van der Waals surface area (Å²) in [6.45, 7) is -0.771. The lowest BCUT2D eigenvalue weighted by Crippen LogP contribution is -2.17. The van der Waals surface area contributed by atoms with Gasteiger partial charge in [-0.05, 0) is 35.4 Å². The summed E-state index contributed by atoms with van der Waals surface area (Å²) in [4.78, 5) is 70.5. The lowest BCUT2D eigenvalue weighted by molar-refractivity contribution is -0.162. The predicted molar refractivity (Wildman–Crippen MR) is 136 cm³/mol. The fourth-order valence-corrected chi connectivity index (χ4v) is 2.95. The Bertz CT molecular complexity index is 1120. The molecule has 0 spiro atoms. The summed E-state index contributed by atoms with van der Waals surface area (Å²) < 4.78 is 28.9. The van der Waals surface area contributed by atoms with Crippen LogP contribution < -0.4 is 9.47 Å². The van der Waals surface area contributed by atoms with E-state index in [0.717, 1.165) is 12.2 Å². The van der Waals surface area contributed by atoms with Crippen LogP contribution in [0.4, 0.5) is 0 Å². The van der Waals surface area contributed by atoms with E-state index in [0.29, 0.717) is 22.6 Å². The van der Waals surface area contributed by atoms with Crippen molar-refractivity contribution in [2.24, 2.45) is 0 Å². The molecule has 0 heterocycles. The second kappa shape index (κ2) is 16.8. The lowest BCUT2D eigenvalue weighted by Gasteiger charge is -2.05. The van der Waals surface area contributed by atoms with Gasteiger partial charge in [0.15, 0.2) is 0 Å². The number of benzene rings is 2. The van der Waals surface area contributed by atoms with Gasteiger partial charge in [-0.25, -0.2) is 9.59 Å². The molecule has 0 fully saturated rings. The molecule has 0 aliphatic carbocycles. The van der Waals surface area contributed by atoms with Gasteiger partial charge in [0.1, 0.15) is 24.7 Å². The first kappa shape index (κ1) is 31.2. The van der Waals surface area contributed by atoms with Crippen molar-refractivity contribution in [2.45, 2.75) is 25.7 Å². The van der Waals surface area contributed by atoms with E-state index in [2.05, 4.69) is 9.47 Å². The van der Waals surface area contributed by atoms with Gasteiger partial charge in [0.2, 0.25) is 0 Å². The number of hydrogen-bond acceptors (Lipinski definition) is 12. The predicted octanol–water partition coefficient (Wildman–Crippen LogP) is 2.05. The summed E-state index contributed by atoms with van der Waals surface area (Å²) in [5.41, 5.74) is 1.24. The molecule has 212 valence electrons. The Morgan fingerprint density at radius 1 is 0.550 bits per heavy atom. The van der Waals surface area contributed by atoms with Gasteiger partial charge in [-0.3, -0.25) is 19.2 Å². The number of esters is 6. The normalized spacial score (nSPS) is 10.3. The summed E-state index contributed by atoms with van der Waals surface area (Å²) in [6, 6.07) is 13.3. The minimum absolute atomic E-state index is 0.127. The van der Waals surface area contributed by atoms with E-state index in [4.69, 9.17) is 18.9 Å². The van der Waals surface area contributed by atoms with Gasteiger partial charge < -0.3 is 28.4 Å². The van der Waals surface area contributed by atoms with Crippen molar-refractivity contribution >= 4 is 35.8 Å². The molecule has 40 heavy (non-hydrogen) atoms. The standard InChI is InChI=1S/C28H28O12/c1-35-21-7-3-19(4-8-21)17-27(33)39-25(31)13-15-37-23(29)11-12-24(30)38-16-14-26(32)40-28(34)18-20-5-9-22(36-2)10-6-20/h3-12H,13-18H2,1-2H3/b12-11-. The Morgan fingerprint density at radius 3 is 1.23 bits per heavy atom. The Hall–Kier alpha value is -5.00. The van der Waals surface area contributed by atoms with Crippen molar-refractivity contribution < 1.29 is 57.2 Å². The molecule has 2 aromatic rings. The van der Waals surface area contributed by atoms with Gasteiger partial charge in [-0.15, -0.1) is 0 Å². The summed E-state index contributed by atoms with van der Waals surface area (Å²) in [6.07, 6.45) is 0.518. The maximum atomic E-state index is 11.8. The molecule has 0 radical (unpaired) electrons. The van der Waals surface area contributed by atoms with Gasteiger partial charge in [0.25, 0.3) is 0 Å². The highest BCUT2D eigenvalue weighted by atomic mass is 16.6. The highest BCUT2D eigenvalue weighted by Crippen LogP contribution is 2.13. The van der Waals surface area contributed by atoms with E-state index in [9.17, 15) is 28.8 Å². The third-order valence-corrected chi connectivity index (χ3v) is 4.93. The van der Waals surface area contributed by atoms with Gasteiger partial charge in [0, 0.05) is 12.2 Å². The number of carbonyl (C=O) groups excluding carboxylic acids is 6. The summed E-state index contributed by atoms with van der Waals surface area (Å²) in [5, 5.41) is 0. The average molecular weight is 557 g/mol. The largest absolute Gasteiger partial charge is 0.497 e. The third-order valence-electron chi connectivity index (χ3n) is 4.93. The van der Waals surface area contributed by atoms with Crippen molar-refractivity contribution in [2.75, 3.05) is 27.4 Å². The van der Waals surface area contributed by atoms with Gasteiger partial charge in [-0.1, -0.05) is 24.3 Å². The molecule has 0 aliphatic rings. The minimum atomic E-state index is -0.946. The zero-order valence-corrected chi connectivity index (χ0v) is 21.9. The van der Waals surface area contributed by atoms with E-state index >= 15 is 0 Å². The van der Waals surface area contributed by atoms with E-state index in [1.165, 1.54) is 14.2 Å². The number of rotatable bonds is 14. The van der Waals surface area contributed by atoms with Crippen molar-refractivity contribution in [3.63, 3.8) is 0 Å². The first-order valence-electron chi connectivity index (χ1n) is 11.9. The first-order valence-corrected chi connectivity index (χ1v) is 11.9. The smallest absolute Gasteiger partial charge is 0.331 e. The number of hydrogen-bond donors (Lipinski definition) is 0. The molecule has 0 aliphatic heterocycles. The van der Waals surface area contributed by atoms with E-state index < -0.39 is 35.8 Å². The van der Waals surface area contributed by atoms with Crippen LogP contribution in [-0.2, 0) is 60.6 Å². The number of ether oxygens (including phenoxy) is 6. The van der Waals surface area contributed by atoms with Crippen LogP contribution in [0.25, 0.3) is 0 Å². The monoisotopic (exact) mass is 556 g/mol. The zero-order chi connectivity index (χ0) is 29.3. The second-order valence-corrected chi connectivity index (χ2v) is 7.91. The van der Waals surface area contributed by atoms with Gasteiger partial charge >= 0.3 is 35.8 Å². The molecule has 2 rings (SSSR count). The Kier molecular flexibility index (Phi) is 13.1.